The number of halogens is 2. The van der Waals surface area contributed by atoms with E-state index in [0.29, 0.717) is 11.5 Å². The molecule has 2 unspecified atom stereocenters. The average molecular weight is 586 g/mol. The van der Waals surface area contributed by atoms with Gasteiger partial charge in [0, 0.05) is 0 Å². The summed E-state index contributed by atoms with van der Waals surface area (Å²) in [5, 5.41) is 0. The standard InChI is InChI=1S/2C9H7.2C6H5FO.C3H6.Zr/c2*1-2-5-9-7-3-6-8(9)4-1;2*7-5-1-3-6(8)4-2-5;1-3-2;/h2*1-7H;2*1-4,8H;1-2H3;/q;;;;;+2/p-2. The van der Waals surface area contributed by atoms with Crippen LogP contribution in [0.3, 0.4) is 0 Å². The van der Waals surface area contributed by atoms with Gasteiger partial charge in [-0.1, -0.05) is 0 Å². The van der Waals surface area contributed by atoms with Gasteiger partial charge in [-0.15, -0.1) is 0 Å². The normalized spacial score (nSPS) is 17.7. The summed E-state index contributed by atoms with van der Waals surface area (Å²) in [6, 6.07) is 29.0. The van der Waals surface area contributed by atoms with Crippen molar-refractivity contribution in [2.24, 2.45) is 0 Å². The van der Waals surface area contributed by atoms with Crippen molar-refractivity contribution in [3.8, 4) is 11.5 Å². The molecule has 5 heteroatoms. The Kier molecular flexibility index (Phi) is 6.15. The molecule has 38 heavy (non-hydrogen) atoms. The van der Waals surface area contributed by atoms with Crippen LogP contribution in [0, 0.1) is 11.6 Å². The van der Waals surface area contributed by atoms with E-state index in [0.717, 1.165) is 25.5 Å². The molecule has 0 N–H and O–H groups in total. The molecule has 2 aliphatic rings. The van der Waals surface area contributed by atoms with E-state index in [2.05, 4.69) is 62.4 Å². The first-order valence-corrected chi connectivity index (χ1v) is 18.9. The summed E-state index contributed by atoms with van der Waals surface area (Å²) in [7, 11) is 0. The molecule has 2 atom stereocenters. The summed E-state index contributed by atoms with van der Waals surface area (Å²) in [6.07, 6.45) is 8.71. The number of fused-ring (bicyclic) bond motifs is 2. The van der Waals surface area contributed by atoms with Gasteiger partial charge in [0.15, 0.2) is 0 Å². The topological polar surface area (TPSA) is 18.5 Å². The van der Waals surface area contributed by atoms with Crippen LogP contribution >= 0.6 is 0 Å². The first kappa shape index (κ1) is 24.9. The van der Waals surface area contributed by atoms with E-state index >= 15 is 0 Å². The Hall–Kier alpha value is -3.43. The number of rotatable bonds is 6. The van der Waals surface area contributed by atoms with Gasteiger partial charge < -0.3 is 0 Å². The third kappa shape index (κ3) is 3.79. The van der Waals surface area contributed by atoms with Gasteiger partial charge in [0.05, 0.1) is 0 Å². The summed E-state index contributed by atoms with van der Waals surface area (Å²) in [5.74, 6) is 0.439. The van der Waals surface area contributed by atoms with E-state index in [1.807, 2.05) is 24.3 Å². The van der Waals surface area contributed by atoms with Crippen molar-refractivity contribution in [1.29, 1.82) is 0 Å². The molecule has 0 aliphatic heterocycles. The molecule has 4 aromatic carbocycles. The van der Waals surface area contributed by atoms with Crippen LogP contribution in [0.2, 0.25) is 0 Å². The fourth-order valence-corrected chi connectivity index (χ4v) is 22.1. The summed E-state index contributed by atoms with van der Waals surface area (Å²) in [6.45, 7) is 4.20. The molecular formula is C33H28F2O2Zr. The molecule has 2 aliphatic carbocycles. The summed E-state index contributed by atoms with van der Waals surface area (Å²) < 4.78 is 43.6. The van der Waals surface area contributed by atoms with Crippen molar-refractivity contribution in [1.82, 2.24) is 0 Å². The van der Waals surface area contributed by atoms with Crippen molar-refractivity contribution in [3.63, 3.8) is 0 Å². The maximum absolute atomic E-state index is 14.0. The molecule has 4 aromatic rings. The van der Waals surface area contributed by atoms with Crippen LogP contribution in [-0.4, -0.2) is 3.21 Å². The Morgan fingerprint density at radius 1 is 0.579 bits per heavy atom. The number of allylic oxidation sites excluding steroid dienone is 2. The molecule has 0 saturated heterocycles. The number of hydrogen-bond donors (Lipinski definition) is 0. The average Bonchev–Trinajstić information content (AvgIpc) is 3.57. The van der Waals surface area contributed by atoms with E-state index in [1.165, 1.54) is 24.3 Å². The van der Waals surface area contributed by atoms with Gasteiger partial charge in [0.1, 0.15) is 0 Å². The molecule has 6 rings (SSSR count). The van der Waals surface area contributed by atoms with Gasteiger partial charge in [-0.3, -0.25) is 0 Å². The second kappa shape index (κ2) is 9.40. The van der Waals surface area contributed by atoms with Crippen molar-refractivity contribution >= 4 is 15.4 Å². The van der Waals surface area contributed by atoms with Crippen LogP contribution in [0.4, 0.5) is 8.78 Å². The summed E-state index contributed by atoms with van der Waals surface area (Å²) in [4.78, 5) is 0. The first-order chi connectivity index (χ1) is 18.4. The SMILES string of the molecule is C[C](C)=[Zr]([O]c1ccc(F)cc1)([O]c1ccc(F)cc1)([CH]1C=Cc2ccccc21)[CH]1C=Cc2ccccc21. The number of hydrogen-bond acceptors (Lipinski definition) is 2. The Balaban J connectivity index is 1.72. The van der Waals surface area contributed by atoms with Gasteiger partial charge >= 0.3 is 225 Å². The predicted molar refractivity (Wildman–Crippen MR) is 147 cm³/mol. The third-order valence-electron chi connectivity index (χ3n) is 8.05. The first-order valence-electron chi connectivity index (χ1n) is 12.8. The molecule has 0 fully saturated rings. The molecule has 0 bridgehead atoms. The molecule has 190 valence electrons. The number of benzene rings is 4. The Morgan fingerprint density at radius 2 is 0.974 bits per heavy atom. The summed E-state index contributed by atoms with van der Waals surface area (Å²) >= 11 is -5.45. The molecule has 0 amide bonds. The van der Waals surface area contributed by atoms with Crippen molar-refractivity contribution in [2.75, 3.05) is 0 Å². The van der Waals surface area contributed by atoms with E-state index in [-0.39, 0.29) is 18.9 Å². The fraction of sp³-hybridized carbons (Fsp3) is 0.121. The molecular weight excluding hydrogens is 558 g/mol. The third-order valence-corrected chi connectivity index (χ3v) is 24.4. The Bertz CT molecular complexity index is 1530. The molecule has 0 spiro atoms. The quantitative estimate of drug-likeness (QED) is 0.225. The Labute approximate surface area is 223 Å². The molecule has 0 saturated carbocycles. The Morgan fingerprint density at radius 3 is 1.37 bits per heavy atom. The molecule has 0 heterocycles. The zero-order valence-electron chi connectivity index (χ0n) is 21.3. The van der Waals surface area contributed by atoms with Crippen LogP contribution in [0.5, 0.6) is 11.5 Å². The summed E-state index contributed by atoms with van der Waals surface area (Å²) in [5.41, 5.74) is 4.53. The minimum absolute atomic E-state index is 0.187. The van der Waals surface area contributed by atoms with E-state index in [1.54, 1.807) is 24.3 Å². The maximum atomic E-state index is 14.0. The van der Waals surface area contributed by atoms with Gasteiger partial charge in [-0.2, -0.15) is 0 Å². The van der Waals surface area contributed by atoms with Gasteiger partial charge in [-0.25, -0.2) is 0 Å². The van der Waals surface area contributed by atoms with E-state index in [4.69, 9.17) is 5.63 Å². The van der Waals surface area contributed by atoms with E-state index < -0.39 is 19.2 Å². The van der Waals surface area contributed by atoms with Crippen LogP contribution in [0.15, 0.2) is 109 Å². The van der Waals surface area contributed by atoms with Crippen molar-refractivity contribution in [3.05, 3.63) is 143 Å². The zero-order chi connectivity index (χ0) is 26.4. The van der Waals surface area contributed by atoms with E-state index in [9.17, 15) is 8.78 Å². The fourth-order valence-electron chi connectivity index (χ4n) is 6.24. The second-order valence-electron chi connectivity index (χ2n) is 10.3. The van der Waals surface area contributed by atoms with Crippen LogP contribution in [0.25, 0.3) is 12.2 Å². The monoisotopic (exact) mass is 584 g/mol. The second-order valence-corrected chi connectivity index (χ2v) is 22.7. The zero-order valence-corrected chi connectivity index (χ0v) is 23.7. The van der Waals surface area contributed by atoms with Crippen LogP contribution in [0.1, 0.15) is 43.4 Å². The van der Waals surface area contributed by atoms with Crippen LogP contribution < -0.4 is 5.63 Å². The van der Waals surface area contributed by atoms with Crippen molar-refractivity contribution in [2.45, 2.75) is 21.1 Å². The molecule has 0 aromatic heterocycles. The predicted octanol–water partition coefficient (Wildman–Crippen LogP) is 8.69. The minimum atomic E-state index is -5.45. The molecule has 2 nitrogen and oxygen atoms in total. The van der Waals surface area contributed by atoms with Gasteiger partial charge in [0.2, 0.25) is 0 Å². The van der Waals surface area contributed by atoms with Gasteiger partial charge in [-0.05, 0) is 0 Å². The van der Waals surface area contributed by atoms with Crippen LogP contribution in [-0.2, 0) is 19.2 Å². The van der Waals surface area contributed by atoms with Crippen molar-refractivity contribution < 1.29 is 33.6 Å². The van der Waals surface area contributed by atoms with Gasteiger partial charge in [0.25, 0.3) is 0 Å². The molecule has 0 radical (unpaired) electrons.